The Morgan fingerprint density at radius 3 is 2.38 bits per heavy atom. The van der Waals surface area contributed by atoms with E-state index in [0.717, 1.165) is 6.07 Å². The lowest BCUT2D eigenvalue weighted by Gasteiger charge is -2.08. The van der Waals surface area contributed by atoms with Gasteiger partial charge in [0.15, 0.2) is 0 Å². The second-order valence-electron chi connectivity index (χ2n) is 3.95. The highest BCUT2D eigenvalue weighted by atomic mass is 35.5. The Hall–Kier alpha value is -1.66. The van der Waals surface area contributed by atoms with E-state index in [1.165, 1.54) is 36.4 Å². The lowest BCUT2D eigenvalue weighted by molar-refractivity contribution is 0.102. The molecule has 0 spiro atoms. The highest BCUT2D eigenvalue weighted by Gasteiger charge is 2.15. The van der Waals surface area contributed by atoms with Crippen molar-refractivity contribution in [2.45, 2.75) is 10.7 Å². The van der Waals surface area contributed by atoms with E-state index in [4.69, 9.17) is 11.6 Å². The van der Waals surface area contributed by atoms with Crippen molar-refractivity contribution >= 4 is 35.0 Å². The van der Waals surface area contributed by atoms with Gasteiger partial charge >= 0.3 is 0 Å². The topological polar surface area (TPSA) is 29.1 Å². The van der Waals surface area contributed by atoms with Gasteiger partial charge in [-0.3, -0.25) is 4.79 Å². The second kappa shape index (κ2) is 6.87. The van der Waals surface area contributed by atoms with Crippen molar-refractivity contribution < 1.29 is 18.0 Å². The van der Waals surface area contributed by atoms with E-state index >= 15 is 0 Å². The van der Waals surface area contributed by atoms with Crippen LogP contribution in [0.15, 0.2) is 47.4 Å². The third-order valence-electron chi connectivity index (χ3n) is 2.53. The van der Waals surface area contributed by atoms with E-state index in [1.54, 1.807) is 0 Å². The first kappa shape index (κ1) is 15.7. The van der Waals surface area contributed by atoms with Crippen LogP contribution in [0.1, 0.15) is 10.4 Å². The molecule has 1 N–H and O–H groups in total. The summed E-state index contributed by atoms with van der Waals surface area (Å²) in [4.78, 5) is 12.3. The zero-order valence-corrected chi connectivity index (χ0v) is 12.0. The van der Waals surface area contributed by atoms with Gasteiger partial charge in [0, 0.05) is 10.6 Å². The smallest absolute Gasteiger partial charge is 0.288 e. The first-order chi connectivity index (χ1) is 9.97. The van der Waals surface area contributed by atoms with Crippen LogP contribution in [0.4, 0.5) is 18.9 Å². The maximum Gasteiger partial charge on any atom is 0.288 e. The fourth-order valence-electron chi connectivity index (χ4n) is 1.63. The molecule has 2 nitrogen and oxygen atoms in total. The van der Waals surface area contributed by atoms with Crippen LogP contribution in [0, 0.1) is 5.82 Å². The van der Waals surface area contributed by atoms with Gasteiger partial charge in [-0.05, 0) is 36.4 Å². The van der Waals surface area contributed by atoms with Crippen molar-refractivity contribution in [2.24, 2.45) is 0 Å². The zero-order chi connectivity index (χ0) is 15.4. The van der Waals surface area contributed by atoms with Crippen molar-refractivity contribution in [3.8, 4) is 0 Å². The minimum atomic E-state index is -2.51. The Morgan fingerprint density at radius 2 is 1.81 bits per heavy atom. The van der Waals surface area contributed by atoms with Crippen LogP contribution in [0.5, 0.6) is 0 Å². The molecular formula is C14H9ClF3NOS. The lowest BCUT2D eigenvalue weighted by Crippen LogP contribution is -2.14. The van der Waals surface area contributed by atoms with Crippen LogP contribution in [0.25, 0.3) is 0 Å². The lowest BCUT2D eigenvalue weighted by atomic mass is 10.2. The maximum atomic E-state index is 13.6. The Bertz CT molecular complexity index is 629. The summed E-state index contributed by atoms with van der Waals surface area (Å²) in [6, 6.07) is 9.72. The summed E-state index contributed by atoms with van der Waals surface area (Å²) >= 11 is 6.19. The molecule has 21 heavy (non-hydrogen) atoms. The molecule has 0 fully saturated rings. The van der Waals surface area contributed by atoms with Gasteiger partial charge in [-0.25, -0.2) is 4.39 Å². The Kier molecular flexibility index (Phi) is 5.14. The Labute approximate surface area is 128 Å². The number of nitrogens with one attached hydrogen (secondary N) is 1. The summed E-state index contributed by atoms with van der Waals surface area (Å²) in [5.74, 6) is -3.94. The molecule has 2 aromatic carbocycles. The number of hydrogen-bond acceptors (Lipinski definition) is 2. The van der Waals surface area contributed by atoms with Crippen LogP contribution in [0.3, 0.4) is 0 Å². The average molecular weight is 332 g/mol. The zero-order valence-electron chi connectivity index (χ0n) is 10.4. The molecule has 110 valence electrons. The van der Waals surface area contributed by atoms with Crippen molar-refractivity contribution in [3.05, 3.63) is 58.9 Å². The molecule has 2 rings (SSSR count). The number of alkyl halides is 2. The van der Waals surface area contributed by atoms with E-state index in [0.29, 0.717) is 22.3 Å². The van der Waals surface area contributed by atoms with Crippen LogP contribution in [0.2, 0.25) is 5.02 Å². The molecule has 0 atom stereocenters. The normalized spacial score (nSPS) is 10.7. The van der Waals surface area contributed by atoms with E-state index < -0.39 is 17.5 Å². The third kappa shape index (κ3) is 4.15. The number of anilines is 1. The number of thioether (sulfide) groups is 1. The minimum absolute atomic E-state index is 0.00243. The van der Waals surface area contributed by atoms with Crippen LogP contribution in [-0.4, -0.2) is 11.7 Å². The van der Waals surface area contributed by atoms with Crippen molar-refractivity contribution in [3.63, 3.8) is 0 Å². The quantitative estimate of drug-likeness (QED) is 0.795. The van der Waals surface area contributed by atoms with Crippen LogP contribution >= 0.6 is 23.4 Å². The number of carbonyl (C=O) groups is 1. The predicted molar refractivity (Wildman–Crippen MR) is 77.7 cm³/mol. The molecule has 1 amide bonds. The van der Waals surface area contributed by atoms with Crippen molar-refractivity contribution in [1.82, 2.24) is 0 Å². The SMILES string of the molecule is O=C(Nc1ccc(SC(F)F)cc1)c1c(F)cccc1Cl. The third-order valence-corrected chi connectivity index (χ3v) is 3.56. The molecule has 0 saturated carbocycles. The average Bonchev–Trinajstić information content (AvgIpc) is 2.40. The first-order valence-corrected chi connectivity index (χ1v) is 7.03. The molecule has 7 heteroatoms. The molecule has 0 aliphatic rings. The van der Waals surface area contributed by atoms with E-state index in [2.05, 4.69) is 5.32 Å². The molecule has 0 bridgehead atoms. The number of amides is 1. The van der Waals surface area contributed by atoms with E-state index in [9.17, 15) is 18.0 Å². The van der Waals surface area contributed by atoms with Gasteiger partial charge in [0.1, 0.15) is 5.82 Å². The van der Waals surface area contributed by atoms with Gasteiger partial charge in [0.25, 0.3) is 11.7 Å². The predicted octanol–water partition coefficient (Wildman–Crippen LogP) is 5.05. The van der Waals surface area contributed by atoms with E-state index in [1.807, 2.05) is 0 Å². The number of halogens is 4. The molecule has 0 aliphatic heterocycles. The molecular weight excluding hydrogens is 323 g/mol. The number of hydrogen-bond donors (Lipinski definition) is 1. The largest absolute Gasteiger partial charge is 0.322 e. The molecule has 2 aromatic rings. The highest BCUT2D eigenvalue weighted by Crippen LogP contribution is 2.26. The molecule has 0 unspecified atom stereocenters. The second-order valence-corrected chi connectivity index (χ2v) is 5.42. The fraction of sp³-hybridized carbons (Fsp3) is 0.0714. The highest BCUT2D eigenvalue weighted by molar-refractivity contribution is 7.99. The summed E-state index contributed by atoms with van der Waals surface area (Å²) < 4.78 is 37.9. The molecule has 0 radical (unpaired) electrons. The Balaban J connectivity index is 2.13. The van der Waals surface area contributed by atoms with Gasteiger partial charge in [0.2, 0.25) is 0 Å². The summed E-state index contributed by atoms with van der Waals surface area (Å²) in [7, 11) is 0. The first-order valence-electron chi connectivity index (χ1n) is 5.77. The van der Waals surface area contributed by atoms with Crippen LogP contribution < -0.4 is 5.32 Å². The van der Waals surface area contributed by atoms with Gasteiger partial charge < -0.3 is 5.32 Å². The summed E-state index contributed by atoms with van der Waals surface area (Å²) in [6.07, 6.45) is 0. The van der Waals surface area contributed by atoms with Crippen molar-refractivity contribution in [1.29, 1.82) is 0 Å². The fourth-order valence-corrected chi connectivity index (χ4v) is 2.38. The van der Waals surface area contributed by atoms with Crippen LogP contribution in [-0.2, 0) is 0 Å². The number of rotatable bonds is 4. The number of carbonyl (C=O) groups excluding carboxylic acids is 1. The van der Waals surface area contributed by atoms with Gasteiger partial charge in [0.05, 0.1) is 10.6 Å². The molecule has 0 aliphatic carbocycles. The summed E-state index contributed by atoms with van der Waals surface area (Å²) in [5.41, 5.74) is 0.100. The van der Waals surface area contributed by atoms with Gasteiger partial charge in [-0.1, -0.05) is 29.4 Å². The summed E-state index contributed by atoms with van der Waals surface area (Å²) in [6.45, 7) is 0. The van der Waals surface area contributed by atoms with Crippen molar-refractivity contribution in [2.75, 3.05) is 5.32 Å². The monoisotopic (exact) mass is 331 g/mol. The summed E-state index contributed by atoms with van der Waals surface area (Å²) in [5, 5.41) is 2.46. The maximum absolute atomic E-state index is 13.6. The minimum Gasteiger partial charge on any atom is -0.322 e. The van der Waals surface area contributed by atoms with Gasteiger partial charge in [-0.15, -0.1) is 0 Å². The van der Waals surface area contributed by atoms with Gasteiger partial charge in [-0.2, -0.15) is 8.78 Å². The molecule has 0 saturated heterocycles. The Morgan fingerprint density at radius 1 is 1.14 bits per heavy atom. The number of benzene rings is 2. The molecule has 0 aromatic heterocycles. The van der Waals surface area contributed by atoms with E-state index in [-0.39, 0.29) is 10.6 Å². The molecule has 0 heterocycles. The standard InChI is InChI=1S/C14H9ClF3NOS/c15-10-2-1-3-11(16)12(10)13(20)19-8-4-6-9(7-5-8)21-14(17)18/h1-7,14H,(H,19,20).